The molecule has 0 saturated carbocycles. The minimum atomic E-state index is -0.404. The van der Waals surface area contributed by atoms with Crippen LogP contribution >= 0.6 is 0 Å². The number of carbonyl (C=O) groups is 2. The van der Waals surface area contributed by atoms with E-state index in [1.807, 2.05) is 33.8 Å². The van der Waals surface area contributed by atoms with Crippen molar-refractivity contribution >= 4 is 17.9 Å². The molecule has 1 rings (SSSR count). The van der Waals surface area contributed by atoms with Gasteiger partial charge in [0.2, 0.25) is 0 Å². The van der Waals surface area contributed by atoms with Gasteiger partial charge in [-0.25, -0.2) is 0 Å². The largest absolute Gasteiger partial charge is 0.484 e. The molecule has 0 spiro atoms. The maximum Gasteiger partial charge on any atom is 0.262 e. The Morgan fingerprint density at radius 1 is 1.12 bits per heavy atom. The van der Waals surface area contributed by atoms with Crippen LogP contribution in [0.4, 0.5) is 0 Å². The third-order valence-electron chi connectivity index (χ3n) is 2.80. The lowest BCUT2D eigenvalue weighted by atomic mass is 10.1. The Labute approximate surface area is 142 Å². The van der Waals surface area contributed by atoms with Gasteiger partial charge < -0.3 is 15.4 Å². The van der Waals surface area contributed by atoms with Crippen LogP contribution in [0.3, 0.4) is 0 Å². The third kappa shape index (κ3) is 6.97. The van der Waals surface area contributed by atoms with Crippen LogP contribution in [-0.2, 0) is 9.59 Å². The normalized spacial score (nSPS) is 11.1. The minimum Gasteiger partial charge on any atom is -0.484 e. The van der Waals surface area contributed by atoms with Gasteiger partial charge in [0, 0.05) is 12.1 Å². The zero-order chi connectivity index (χ0) is 18.1. The Bertz CT molecular complexity index is 640. The maximum atomic E-state index is 11.9. The molecule has 128 valence electrons. The first-order valence-electron chi connectivity index (χ1n) is 7.76. The minimum absolute atomic E-state index is 0.0358. The molecule has 6 nitrogen and oxygen atoms in total. The van der Waals surface area contributed by atoms with Crippen molar-refractivity contribution in [1.82, 2.24) is 10.6 Å². The van der Waals surface area contributed by atoms with Gasteiger partial charge in [-0.1, -0.05) is 12.1 Å². The molecule has 0 heterocycles. The van der Waals surface area contributed by atoms with Gasteiger partial charge in [0.05, 0.1) is 0 Å². The van der Waals surface area contributed by atoms with Gasteiger partial charge >= 0.3 is 0 Å². The number of hydrogen-bond donors (Lipinski definition) is 2. The van der Waals surface area contributed by atoms with Crippen molar-refractivity contribution in [1.29, 1.82) is 5.26 Å². The van der Waals surface area contributed by atoms with Gasteiger partial charge in [0.1, 0.15) is 17.4 Å². The lowest BCUT2D eigenvalue weighted by molar-refractivity contribution is -0.123. The van der Waals surface area contributed by atoms with Gasteiger partial charge in [0.15, 0.2) is 6.61 Å². The highest BCUT2D eigenvalue weighted by molar-refractivity contribution is 6.01. The number of nitriles is 1. The molecule has 0 aliphatic heterocycles. The van der Waals surface area contributed by atoms with Crippen LogP contribution in [0, 0.1) is 11.3 Å². The lowest BCUT2D eigenvalue weighted by Gasteiger charge is -2.10. The fraction of sp³-hybridized carbons (Fsp3) is 0.389. The summed E-state index contributed by atoms with van der Waals surface area (Å²) in [6.07, 6.45) is 1.51. The molecule has 0 aliphatic carbocycles. The van der Waals surface area contributed by atoms with Crippen LogP contribution in [0.1, 0.15) is 33.3 Å². The van der Waals surface area contributed by atoms with Crippen molar-refractivity contribution in [3.63, 3.8) is 0 Å². The Morgan fingerprint density at radius 2 is 1.71 bits per heavy atom. The first-order valence-corrected chi connectivity index (χ1v) is 7.76. The first kappa shape index (κ1) is 19.2. The third-order valence-corrected chi connectivity index (χ3v) is 2.80. The molecule has 0 aromatic heterocycles. The SMILES string of the molecule is CC(C)NC(=O)COc1ccc(/C=C(\C#N)C(=O)NC(C)C)cc1. The van der Waals surface area contributed by atoms with E-state index in [4.69, 9.17) is 10.00 Å². The quantitative estimate of drug-likeness (QED) is 0.591. The van der Waals surface area contributed by atoms with E-state index < -0.39 is 5.91 Å². The summed E-state index contributed by atoms with van der Waals surface area (Å²) in [7, 11) is 0. The van der Waals surface area contributed by atoms with E-state index in [0.717, 1.165) is 0 Å². The van der Waals surface area contributed by atoms with Gasteiger partial charge in [-0.05, 0) is 51.5 Å². The summed E-state index contributed by atoms with van der Waals surface area (Å²) >= 11 is 0. The molecule has 0 aliphatic rings. The van der Waals surface area contributed by atoms with Crippen molar-refractivity contribution in [3.05, 3.63) is 35.4 Å². The summed E-state index contributed by atoms with van der Waals surface area (Å²) in [6, 6.07) is 8.72. The molecule has 2 amide bonds. The van der Waals surface area contributed by atoms with Crippen LogP contribution < -0.4 is 15.4 Å². The highest BCUT2D eigenvalue weighted by atomic mass is 16.5. The predicted molar refractivity (Wildman–Crippen MR) is 92.1 cm³/mol. The molecule has 0 radical (unpaired) electrons. The maximum absolute atomic E-state index is 11.9. The number of amides is 2. The monoisotopic (exact) mass is 329 g/mol. The van der Waals surface area contributed by atoms with Crippen LogP contribution in [0.15, 0.2) is 29.8 Å². The van der Waals surface area contributed by atoms with E-state index >= 15 is 0 Å². The topological polar surface area (TPSA) is 91.2 Å². The summed E-state index contributed by atoms with van der Waals surface area (Å²) in [4.78, 5) is 23.4. The molecule has 24 heavy (non-hydrogen) atoms. The molecule has 1 aromatic rings. The van der Waals surface area contributed by atoms with Crippen LogP contribution in [0.5, 0.6) is 5.75 Å². The Kier molecular flexibility index (Phi) is 7.50. The van der Waals surface area contributed by atoms with E-state index in [2.05, 4.69) is 10.6 Å². The number of benzene rings is 1. The molecule has 0 fully saturated rings. The molecule has 6 heteroatoms. The predicted octanol–water partition coefficient (Wildman–Crippen LogP) is 2.02. The van der Waals surface area contributed by atoms with Gasteiger partial charge in [0.25, 0.3) is 11.8 Å². The zero-order valence-electron chi connectivity index (χ0n) is 14.4. The average molecular weight is 329 g/mol. The van der Waals surface area contributed by atoms with Crippen molar-refractivity contribution in [2.24, 2.45) is 0 Å². The van der Waals surface area contributed by atoms with E-state index in [1.165, 1.54) is 6.08 Å². The Balaban J connectivity index is 2.69. The second-order valence-electron chi connectivity index (χ2n) is 5.88. The van der Waals surface area contributed by atoms with Gasteiger partial charge in [-0.15, -0.1) is 0 Å². The zero-order valence-corrected chi connectivity index (χ0v) is 14.4. The lowest BCUT2D eigenvalue weighted by Crippen LogP contribution is -2.34. The van der Waals surface area contributed by atoms with Crippen molar-refractivity contribution in [2.75, 3.05) is 6.61 Å². The summed E-state index contributed by atoms with van der Waals surface area (Å²) in [5.74, 6) is -0.0551. The Hall–Kier alpha value is -2.81. The van der Waals surface area contributed by atoms with Gasteiger partial charge in [-0.3, -0.25) is 9.59 Å². The molecule has 0 saturated heterocycles. The van der Waals surface area contributed by atoms with E-state index in [1.54, 1.807) is 24.3 Å². The van der Waals surface area contributed by atoms with E-state index in [0.29, 0.717) is 11.3 Å². The number of nitrogens with one attached hydrogen (secondary N) is 2. The smallest absolute Gasteiger partial charge is 0.262 e. The van der Waals surface area contributed by atoms with Crippen LogP contribution in [-0.4, -0.2) is 30.5 Å². The molecule has 1 aromatic carbocycles. The molecule has 0 unspecified atom stereocenters. The summed E-state index contributed by atoms with van der Waals surface area (Å²) < 4.78 is 5.38. The molecular formula is C18H23N3O3. The highest BCUT2D eigenvalue weighted by Crippen LogP contribution is 2.14. The van der Waals surface area contributed by atoms with Crippen molar-refractivity contribution in [2.45, 2.75) is 39.8 Å². The van der Waals surface area contributed by atoms with E-state index in [9.17, 15) is 9.59 Å². The second kappa shape index (κ2) is 9.36. The fourth-order valence-electron chi connectivity index (χ4n) is 1.83. The fourth-order valence-corrected chi connectivity index (χ4v) is 1.83. The first-order chi connectivity index (χ1) is 11.3. The second-order valence-corrected chi connectivity index (χ2v) is 5.88. The highest BCUT2D eigenvalue weighted by Gasteiger charge is 2.10. The molecule has 0 atom stereocenters. The number of rotatable bonds is 7. The van der Waals surface area contributed by atoms with Crippen molar-refractivity contribution in [3.8, 4) is 11.8 Å². The molecule has 2 N–H and O–H groups in total. The van der Waals surface area contributed by atoms with Crippen LogP contribution in [0.2, 0.25) is 0 Å². The molecule has 0 bridgehead atoms. The van der Waals surface area contributed by atoms with Crippen molar-refractivity contribution < 1.29 is 14.3 Å². The Morgan fingerprint density at radius 3 is 2.21 bits per heavy atom. The van der Waals surface area contributed by atoms with E-state index in [-0.39, 0.29) is 30.2 Å². The van der Waals surface area contributed by atoms with Crippen LogP contribution in [0.25, 0.3) is 6.08 Å². The number of nitrogens with zero attached hydrogens (tertiary/aromatic N) is 1. The summed E-state index contributed by atoms with van der Waals surface area (Å²) in [6.45, 7) is 7.35. The molecular weight excluding hydrogens is 306 g/mol. The summed E-state index contributed by atoms with van der Waals surface area (Å²) in [5.41, 5.74) is 0.734. The van der Waals surface area contributed by atoms with Gasteiger partial charge in [-0.2, -0.15) is 5.26 Å². The number of ether oxygens (including phenoxy) is 1. The average Bonchev–Trinajstić information content (AvgIpc) is 2.50. The number of carbonyl (C=O) groups excluding carboxylic acids is 2. The number of hydrogen-bond acceptors (Lipinski definition) is 4. The standard InChI is InChI=1S/C18H23N3O3/c1-12(2)20-17(22)11-24-16-7-5-14(6-8-16)9-15(10-19)18(23)21-13(3)4/h5-9,12-13H,11H2,1-4H3,(H,20,22)(H,21,23)/b15-9+. The summed E-state index contributed by atoms with van der Waals surface area (Å²) in [5, 5.41) is 14.5.